The minimum absolute atomic E-state index is 0. The van der Waals surface area contributed by atoms with Gasteiger partial charge in [0.05, 0.1) is 33.1 Å². The molecule has 0 unspecified atom stereocenters. The van der Waals surface area contributed by atoms with Crippen LogP contribution in [-0.2, 0) is 113 Å². The topological polar surface area (TPSA) is 483 Å². The standard InChI is InChI=1S/2C19H13N.C15H13FN2.C15H13N.2C14H11N.6ClH.12H2N.6Pt/c1-2-6-14(7-3-1)15-10-11-17-16(12-15)13-20-19-9-5-4-8-18(17)19;1-2-6-14(7-3-1)15-10-11-16-13-20-19-9-5-4-8-17(19)18(16)12-15;1-18(2)10-7-12-11-5-3-4-6-15(11)17-9-13(12)14(16)8-10;1-10-7-11(2)14-9-16-15-6-4-3-5-12(15)13(14)8-10;1-10-6-7-12-11(8-10)9-15-14-5-3-2-4-13(12)14;1-10-6-7-14-13(8-10)12-5-3-2-4-11(12)9-15-14;;;;;;;;;;;;;;;;;;;;;;;;/h2*1-13H;3-9H,1-2H3;3-9H,1-2H3;2*2-9H,1H3;6*1H;12*1H2;;;;;;/q;;;;;;;;;;;;12*-1;6*+1/p-6. The Hall–Kier alpha value is -7.78. The molecule has 0 aliphatic rings. The molecule has 20 rings (SSSR count). The van der Waals surface area contributed by atoms with Crippen LogP contribution in [0.15, 0.2) is 340 Å². The fourth-order valence-electron chi connectivity index (χ4n) is 13.8. The van der Waals surface area contributed by atoms with Gasteiger partial charge in [-0.15, -0.1) is 0 Å². The number of pyridine rings is 6. The van der Waals surface area contributed by atoms with Crippen LogP contribution in [-0.4, -0.2) is 44.0 Å². The van der Waals surface area contributed by atoms with Crippen molar-refractivity contribution < 1.29 is 117 Å². The number of fused-ring (bicyclic) bond motifs is 18. The molecule has 0 bridgehead atoms. The van der Waals surface area contributed by atoms with Crippen LogP contribution >= 0.6 is 56.5 Å². The number of halogens is 7. The van der Waals surface area contributed by atoms with E-state index in [-0.39, 0.29) is 79.6 Å². The number of hydrogen-bond donors (Lipinski definition) is 0. The van der Waals surface area contributed by atoms with E-state index in [9.17, 15) is 4.39 Å². The first kappa shape index (κ1) is 127. The van der Waals surface area contributed by atoms with Crippen molar-refractivity contribution in [1.82, 2.24) is 29.9 Å². The summed E-state index contributed by atoms with van der Waals surface area (Å²) in [5.41, 5.74) is 17.2. The van der Waals surface area contributed by atoms with Gasteiger partial charge in [-0.1, -0.05) is 247 Å². The van der Waals surface area contributed by atoms with Crippen molar-refractivity contribution in [3.63, 3.8) is 0 Å². The van der Waals surface area contributed by atoms with Crippen LogP contribution in [0.2, 0.25) is 0 Å². The summed E-state index contributed by atoms with van der Waals surface area (Å²) >= 11 is 9.67. The normalized spacial score (nSPS) is 9.29. The molecule has 19 nitrogen and oxygen atoms in total. The van der Waals surface area contributed by atoms with Crippen molar-refractivity contribution in [2.24, 2.45) is 0 Å². The van der Waals surface area contributed by atoms with Crippen LogP contribution in [0.4, 0.5) is 10.1 Å². The SMILES string of the molecule is CN(C)c1cc(F)c2cnc3ccccc3c2c1.Cc1cc(C)c2cnc3ccccc3c2c1.Cc1ccc2c(cnc3ccccc32)c1.Cc1ccc2ncc3ccccc3c2c1.[Cl][Pt].[Cl][Pt].[Cl][Pt].[Cl][Pt].[Cl][Pt].[Cl][Pt].[NH2-].[NH2-].[NH2-].[NH2-].[NH2-].[NH2-].[NH2-].[NH2-].[NH2-].[NH2-].[NH2-].[NH2-].c1ccc(-c2ccc3c(cnc4ccccc43)c2)cc1.c1ccc(-c2ccc3cnc4ccccc4c3c2)cc1. The van der Waals surface area contributed by atoms with Crippen molar-refractivity contribution in [2.75, 3.05) is 19.0 Å². The molecule has 0 saturated carbocycles. The van der Waals surface area contributed by atoms with Gasteiger partial charge in [-0.2, -0.15) is 0 Å². The Labute approximate surface area is 841 Å². The van der Waals surface area contributed by atoms with E-state index in [0.717, 1.165) is 49.6 Å². The fraction of sp³-hybridized carbons (Fsp3) is 0.0625. The number of aryl methyl sites for hydroxylation is 4. The van der Waals surface area contributed by atoms with Crippen LogP contribution in [0, 0.1) is 33.5 Å². The van der Waals surface area contributed by atoms with E-state index in [2.05, 4.69) is 339 Å². The summed E-state index contributed by atoms with van der Waals surface area (Å²) in [5, 5.41) is 21.0. The van der Waals surface area contributed by atoms with Gasteiger partial charge in [0.1, 0.15) is 5.82 Å². The maximum Gasteiger partial charge on any atom is 0.0708 e. The maximum absolute atomic E-state index is 14.1. The van der Waals surface area contributed by atoms with Gasteiger partial charge in [-0.3, -0.25) is 29.9 Å². The van der Waals surface area contributed by atoms with Crippen LogP contribution < -0.4 is 4.90 Å². The zero-order valence-corrected chi connectivity index (χ0v) is 88.1. The average molecular weight is 2920 g/mol. The molecule has 0 fully saturated rings. The van der Waals surface area contributed by atoms with Crippen molar-refractivity contribution in [3.8, 4) is 22.3 Å². The van der Waals surface area contributed by atoms with Crippen LogP contribution in [0.3, 0.4) is 0 Å². The molecule has 24 N–H and O–H groups in total. The van der Waals surface area contributed by atoms with E-state index in [1.54, 1.807) is 125 Å². The quantitative estimate of drug-likeness (QED) is 0.154. The largest absolute Gasteiger partial charge is 0.693 e. The smallest absolute Gasteiger partial charge is 0.0708 e. The van der Waals surface area contributed by atoms with Crippen LogP contribution in [0.5, 0.6) is 0 Å². The Kier molecular flexibility index (Phi) is 65.0. The van der Waals surface area contributed by atoms with Crippen LogP contribution in [0.25, 0.3) is 226 Å². The predicted molar refractivity (Wildman–Crippen MR) is 538 cm³/mol. The van der Waals surface area contributed by atoms with Crippen molar-refractivity contribution in [3.05, 3.63) is 442 Å². The van der Waals surface area contributed by atoms with E-state index in [1.165, 1.54) is 125 Å². The third-order valence-corrected chi connectivity index (χ3v) is 19.1. The minimum atomic E-state index is -0.227. The first-order chi connectivity index (χ1) is 56.9. The van der Waals surface area contributed by atoms with Gasteiger partial charge < -0.3 is 78.7 Å². The van der Waals surface area contributed by atoms with Gasteiger partial charge in [-0.05, 0) is 161 Å². The molecule has 0 amide bonds. The Morgan fingerprint density at radius 2 is 0.516 bits per heavy atom. The summed E-state index contributed by atoms with van der Waals surface area (Å²) in [6, 6.07) is 104. The number of nitrogens with zero attached hydrogens (tertiary/aromatic N) is 7. The second kappa shape index (κ2) is 65.7. The molecule has 20 aromatic rings. The molecule has 0 aliphatic carbocycles. The van der Waals surface area contributed by atoms with Gasteiger partial charge in [0.15, 0.2) is 0 Å². The van der Waals surface area contributed by atoms with E-state index >= 15 is 0 Å². The number of nitrogens with two attached hydrogens (primary N) is 12. The van der Waals surface area contributed by atoms with Gasteiger partial charge in [0.2, 0.25) is 0 Å². The van der Waals surface area contributed by atoms with E-state index in [4.69, 9.17) is 0 Å². The molecule has 0 radical (unpaired) electrons. The average Bonchev–Trinajstić information content (AvgIpc) is 0.794. The molecule has 6 heterocycles. The monoisotopic (exact) mass is 2920 g/mol. The van der Waals surface area contributed by atoms with Gasteiger partial charge in [0.25, 0.3) is 0 Å². The second-order valence-corrected chi connectivity index (χ2v) is 26.5. The molecule has 0 atom stereocenters. The molecule has 14 aromatic carbocycles. The Bertz CT molecular complexity index is 6650. The molecule has 0 aliphatic heterocycles. The van der Waals surface area contributed by atoms with E-state index in [1.807, 2.05) is 123 Å². The molecule has 32 heteroatoms. The second-order valence-electron chi connectivity index (χ2n) is 26.5. The Balaban J connectivity index is -0.000000693. The molecular weight excluding hydrogens is 2820 g/mol. The van der Waals surface area contributed by atoms with Crippen molar-refractivity contribution in [2.45, 2.75) is 27.7 Å². The summed E-state index contributed by atoms with van der Waals surface area (Å²) in [6.07, 6.45) is 11.4. The van der Waals surface area contributed by atoms with Crippen molar-refractivity contribution >= 4 is 192 Å². The van der Waals surface area contributed by atoms with Crippen LogP contribution in [0.1, 0.15) is 22.3 Å². The number of aromatic nitrogens is 6. The summed E-state index contributed by atoms with van der Waals surface area (Å²) in [5.74, 6) is -0.227. The van der Waals surface area contributed by atoms with E-state index in [0.29, 0.717) is 5.39 Å². The Morgan fingerprint density at radius 3 is 0.969 bits per heavy atom. The molecule has 0 spiro atoms. The molecule has 0 saturated heterocycles. The molecule has 128 heavy (non-hydrogen) atoms. The summed E-state index contributed by atoms with van der Waals surface area (Å²) in [6.45, 7) is 8.50. The zero-order valence-electron chi connectivity index (χ0n) is 69.9. The summed E-state index contributed by atoms with van der Waals surface area (Å²) in [7, 11) is 31.5. The first-order valence-corrected chi connectivity index (χ1v) is 52.6. The van der Waals surface area contributed by atoms with E-state index < -0.39 is 0 Å². The summed E-state index contributed by atoms with van der Waals surface area (Å²) in [4.78, 5) is 28.6. The first-order valence-electron chi connectivity index (χ1n) is 35.7. The Morgan fingerprint density at radius 1 is 0.211 bits per heavy atom. The summed E-state index contributed by atoms with van der Waals surface area (Å²) < 4.78 is 14.1. The number of anilines is 1. The van der Waals surface area contributed by atoms with Gasteiger partial charge in [0, 0.05) is 122 Å². The van der Waals surface area contributed by atoms with Gasteiger partial charge >= 0.3 is 169 Å². The predicted octanol–water partition coefficient (Wildman–Crippen LogP) is 37.8. The number of rotatable bonds is 3. The maximum atomic E-state index is 14.1. The number of hydrogen-bond acceptors (Lipinski definition) is 7. The fourth-order valence-corrected chi connectivity index (χ4v) is 13.8. The zero-order chi connectivity index (χ0) is 83.0. The minimum Gasteiger partial charge on any atom is -0.693 e. The van der Waals surface area contributed by atoms with Crippen molar-refractivity contribution in [1.29, 1.82) is 0 Å². The molecule has 698 valence electrons. The molecular formula is C96H98Cl6FN19Pt6-12. The number of para-hydroxylation sites is 5. The third-order valence-electron chi connectivity index (χ3n) is 19.1. The molecule has 6 aromatic heterocycles. The van der Waals surface area contributed by atoms with Gasteiger partial charge in [-0.25, -0.2) is 4.39 Å². The number of benzene rings is 14. The third kappa shape index (κ3) is 32.3.